The summed E-state index contributed by atoms with van der Waals surface area (Å²) in [6.45, 7) is 2.89. The first kappa shape index (κ1) is 17.4. The van der Waals surface area contributed by atoms with Crippen LogP contribution in [0.3, 0.4) is 0 Å². The summed E-state index contributed by atoms with van der Waals surface area (Å²) in [5.41, 5.74) is 0.787. The Morgan fingerprint density at radius 2 is 2.40 bits per heavy atom. The summed E-state index contributed by atoms with van der Waals surface area (Å²) in [6.07, 6.45) is 3.15. The van der Waals surface area contributed by atoms with E-state index in [0.717, 1.165) is 30.9 Å². The minimum Gasteiger partial charge on any atom is -0.497 e. The highest BCUT2D eigenvalue weighted by Crippen LogP contribution is 2.17. The molecular formula is C17H22N4O4. The number of anilines is 1. The molecule has 2 aromatic rings. The van der Waals surface area contributed by atoms with Gasteiger partial charge in [-0.3, -0.25) is 4.79 Å². The number of hydrogen-bond donors (Lipinski definition) is 1. The van der Waals surface area contributed by atoms with Crippen LogP contribution in [-0.2, 0) is 14.3 Å². The van der Waals surface area contributed by atoms with Gasteiger partial charge in [-0.25, -0.2) is 4.68 Å². The van der Waals surface area contributed by atoms with E-state index < -0.39 is 6.10 Å². The number of nitrogens with one attached hydrogen (secondary N) is 1. The molecule has 0 aliphatic carbocycles. The molecule has 1 N–H and O–H groups in total. The van der Waals surface area contributed by atoms with Crippen molar-refractivity contribution >= 4 is 11.7 Å². The van der Waals surface area contributed by atoms with E-state index in [0.29, 0.717) is 12.4 Å². The number of hydrogen-bond acceptors (Lipinski definition) is 6. The first-order valence-electron chi connectivity index (χ1n) is 8.26. The summed E-state index contributed by atoms with van der Waals surface area (Å²) in [5, 5.41) is 10.7. The van der Waals surface area contributed by atoms with E-state index in [1.807, 2.05) is 24.3 Å². The average molecular weight is 346 g/mol. The number of methoxy groups -OCH3 is 1. The normalized spacial score (nSPS) is 18.1. The van der Waals surface area contributed by atoms with E-state index in [2.05, 4.69) is 15.6 Å². The molecule has 0 unspecified atom stereocenters. The third-order valence-electron chi connectivity index (χ3n) is 3.99. The minimum absolute atomic E-state index is 0.0872. The quantitative estimate of drug-likeness (QED) is 0.822. The lowest BCUT2D eigenvalue weighted by atomic mass is 10.2. The highest BCUT2D eigenvalue weighted by molar-refractivity contribution is 5.92. The Balaban J connectivity index is 1.55. The Morgan fingerprint density at radius 1 is 1.52 bits per heavy atom. The molecule has 25 heavy (non-hydrogen) atoms. The molecule has 2 heterocycles. The number of rotatable bonds is 7. The van der Waals surface area contributed by atoms with Gasteiger partial charge in [0, 0.05) is 12.7 Å². The SMILES string of the molecule is COc1cccc(-n2cc(NC(=O)[C@@H](C)OC[C@@H]3CCCO3)nn2)c1. The molecule has 134 valence electrons. The second-order valence-electron chi connectivity index (χ2n) is 5.85. The van der Waals surface area contributed by atoms with Crippen molar-refractivity contribution in [3.8, 4) is 11.4 Å². The van der Waals surface area contributed by atoms with Gasteiger partial charge in [0.25, 0.3) is 5.91 Å². The first-order chi connectivity index (χ1) is 12.2. The van der Waals surface area contributed by atoms with Crippen LogP contribution in [0, 0.1) is 0 Å². The summed E-state index contributed by atoms with van der Waals surface area (Å²) in [5.74, 6) is 0.811. The summed E-state index contributed by atoms with van der Waals surface area (Å²) >= 11 is 0. The van der Waals surface area contributed by atoms with Gasteiger partial charge in [0.1, 0.15) is 11.9 Å². The van der Waals surface area contributed by atoms with Gasteiger partial charge in [-0.2, -0.15) is 0 Å². The molecule has 0 saturated carbocycles. The van der Waals surface area contributed by atoms with E-state index in [1.165, 1.54) is 0 Å². The lowest BCUT2D eigenvalue weighted by Crippen LogP contribution is -2.30. The van der Waals surface area contributed by atoms with Crippen molar-refractivity contribution < 1.29 is 19.0 Å². The van der Waals surface area contributed by atoms with Crippen LogP contribution in [0.4, 0.5) is 5.82 Å². The Morgan fingerprint density at radius 3 is 3.16 bits per heavy atom. The maximum Gasteiger partial charge on any atom is 0.254 e. The molecule has 8 heteroatoms. The maximum absolute atomic E-state index is 12.2. The number of carbonyl (C=O) groups excluding carboxylic acids is 1. The van der Waals surface area contributed by atoms with Crippen LogP contribution in [0.25, 0.3) is 5.69 Å². The van der Waals surface area contributed by atoms with Crippen molar-refractivity contribution in [1.29, 1.82) is 0 Å². The number of benzene rings is 1. The van der Waals surface area contributed by atoms with Gasteiger partial charge in [0.05, 0.1) is 31.7 Å². The van der Waals surface area contributed by atoms with Gasteiger partial charge in [-0.15, -0.1) is 5.10 Å². The molecule has 1 saturated heterocycles. The maximum atomic E-state index is 12.2. The van der Waals surface area contributed by atoms with Crippen LogP contribution < -0.4 is 10.1 Å². The fourth-order valence-corrected chi connectivity index (χ4v) is 2.53. The molecule has 1 fully saturated rings. The Bertz CT molecular complexity index is 712. The second kappa shape index (κ2) is 8.09. The summed E-state index contributed by atoms with van der Waals surface area (Å²) in [4.78, 5) is 12.2. The third-order valence-corrected chi connectivity index (χ3v) is 3.99. The predicted molar refractivity (Wildman–Crippen MR) is 90.9 cm³/mol. The van der Waals surface area contributed by atoms with Gasteiger partial charge in [0.15, 0.2) is 5.82 Å². The Hall–Kier alpha value is -2.45. The zero-order valence-electron chi connectivity index (χ0n) is 14.3. The van der Waals surface area contributed by atoms with Gasteiger partial charge >= 0.3 is 0 Å². The smallest absolute Gasteiger partial charge is 0.254 e. The van der Waals surface area contributed by atoms with Gasteiger partial charge in [0.2, 0.25) is 0 Å². The van der Waals surface area contributed by atoms with E-state index in [9.17, 15) is 4.79 Å². The van der Waals surface area contributed by atoms with Gasteiger partial charge in [-0.05, 0) is 31.9 Å². The summed E-state index contributed by atoms with van der Waals surface area (Å²) in [7, 11) is 1.60. The van der Waals surface area contributed by atoms with Crippen LogP contribution in [0.1, 0.15) is 19.8 Å². The van der Waals surface area contributed by atoms with Crippen molar-refractivity contribution in [3.63, 3.8) is 0 Å². The van der Waals surface area contributed by atoms with Crippen molar-refractivity contribution in [3.05, 3.63) is 30.5 Å². The summed E-state index contributed by atoms with van der Waals surface area (Å²) in [6, 6.07) is 7.40. The molecule has 1 amide bonds. The topological polar surface area (TPSA) is 87.5 Å². The number of ether oxygens (including phenoxy) is 3. The van der Waals surface area contributed by atoms with Crippen LogP contribution in [0.15, 0.2) is 30.5 Å². The predicted octanol–water partition coefficient (Wildman–Crippen LogP) is 1.80. The molecule has 8 nitrogen and oxygen atoms in total. The van der Waals surface area contributed by atoms with Gasteiger partial charge in [-0.1, -0.05) is 11.3 Å². The molecule has 0 bridgehead atoms. The first-order valence-corrected chi connectivity index (χ1v) is 8.26. The highest BCUT2D eigenvalue weighted by atomic mass is 16.5. The second-order valence-corrected chi connectivity index (χ2v) is 5.85. The highest BCUT2D eigenvalue weighted by Gasteiger charge is 2.20. The van der Waals surface area contributed by atoms with E-state index >= 15 is 0 Å². The molecule has 1 aliphatic heterocycles. The van der Waals surface area contributed by atoms with Crippen molar-refractivity contribution in [1.82, 2.24) is 15.0 Å². The van der Waals surface area contributed by atoms with Crippen LogP contribution in [-0.4, -0.2) is 53.4 Å². The number of carbonyl (C=O) groups is 1. The molecule has 3 rings (SSSR count). The summed E-state index contributed by atoms with van der Waals surface area (Å²) < 4.78 is 17.8. The molecule has 0 spiro atoms. The molecule has 1 aliphatic rings. The Kier molecular flexibility index (Phi) is 5.62. The fraction of sp³-hybridized carbons (Fsp3) is 0.471. The lowest BCUT2D eigenvalue weighted by molar-refractivity contribution is -0.128. The largest absolute Gasteiger partial charge is 0.497 e. The number of nitrogens with zero attached hydrogens (tertiary/aromatic N) is 3. The molecule has 2 atom stereocenters. The van der Waals surface area contributed by atoms with Crippen LogP contribution in [0.2, 0.25) is 0 Å². The van der Waals surface area contributed by atoms with E-state index in [1.54, 1.807) is 24.9 Å². The lowest BCUT2D eigenvalue weighted by Gasteiger charge is -2.15. The standard InChI is InChI=1S/C17H22N4O4/c1-12(25-11-15-7-4-8-24-15)17(22)18-16-10-21(20-19-16)13-5-3-6-14(9-13)23-2/h3,5-6,9-10,12,15H,4,7-8,11H2,1-2H3,(H,18,22)/t12-,15+/m1/s1. The van der Waals surface area contributed by atoms with Crippen LogP contribution in [0.5, 0.6) is 5.75 Å². The molecule has 0 radical (unpaired) electrons. The molecular weight excluding hydrogens is 324 g/mol. The number of amides is 1. The zero-order valence-corrected chi connectivity index (χ0v) is 14.3. The van der Waals surface area contributed by atoms with Crippen molar-refractivity contribution in [2.75, 3.05) is 25.6 Å². The Labute approximate surface area is 146 Å². The van der Waals surface area contributed by atoms with E-state index in [-0.39, 0.29) is 12.0 Å². The van der Waals surface area contributed by atoms with Crippen molar-refractivity contribution in [2.45, 2.75) is 32.0 Å². The molecule has 1 aromatic heterocycles. The van der Waals surface area contributed by atoms with E-state index in [4.69, 9.17) is 14.2 Å². The average Bonchev–Trinajstić information content (AvgIpc) is 3.31. The monoisotopic (exact) mass is 346 g/mol. The van der Waals surface area contributed by atoms with Crippen molar-refractivity contribution in [2.24, 2.45) is 0 Å². The third kappa shape index (κ3) is 4.55. The van der Waals surface area contributed by atoms with Gasteiger partial charge < -0.3 is 19.5 Å². The minimum atomic E-state index is -0.592. The number of aromatic nitrogens is 3. The zero-order chi connectivity index (χ0) is 17.6. The van der Waals surface area contributed by atoms with Crippen LogP contribution >= 0.6 is 0 Å². The fourth-order valence-electron chi connectivity index (χ4n) is 2.53. The molecule has 1 aromatic carbocycles.